The number of ketones is 1. The Kier molecular flexibility index (Phi) is 9.43. The number of aryl methyl sites for hydroxylation is 1. The molecule has 5 rings (SSSR count). The van der Waals surface area contributed by atoms with E-state index < -0.39 is 23.5 Å². The van der Waals surface area contributed by atoms with E-state index in [-0.39, 0.29) is 16.5 Å². The zero-order chi connectivity index (χ0) is 30.7. The number of thioether (sulfide) groups is 1. The van der Waals surface area contributed by atoms with Gasteiger partial charge in [-0.2, -0.15) is 0 Å². The van der Waals surface area contributed by atoms with E-state index >= 15 is 0 Å². The maximum atomic E-state index is 13.7. The van der Waals surface area contributed by atoms with Gasteiger partial charge in [-0.25, -0.2) is 0 Å². The molecule has 0 bridgehead atoms. The lowest BCUT2D eigenvalue weighted by Gasteiger charge is -2.24. The van der Waals surface area contributed by atoms with E-state index in [1.165, 1.54) is 41.2 Å². The monoisotopic (exact) mass is 639 g/mol. The molecular formula is C31H30ClN3O6S2. The number of anilines is 1. The fourth-order valence-electron chi connectivity index (χ4n) is 4.50. The Morgan fingerprint density at radius 1 is 1.14 bits per heavy atom. The van der Waals surface area contributed by atoms with E-state index in [2.05, 4.69) is 24.0 Å². The molecule has 0 spiro atoms. The summed E-state index contributed by atoms with van der Waals surface area (Å²) < 4.78 is 17.8. The third kappa shape index (κ3) is 6.74. The summed E-state index contributed by atoms with van der Waals surface area (Å²) in [5.41, 5.74) is 1.44. The number of hydrogen-bond donors (Lipinski definition) is 1. The summed E-state index contributed by atoms with van der Waals surface area (Å²) in [7, 11) is 1.52. The molecule has 43 heavy (non-hydrogen) atoms. The number of carbonyl (C=O) groups is 2. The Balaban J connectivity index is 1.50. The molecule has 0 saturated heterocycles. The highest BCUT2D eigenvalue weighted by atomic mass is 35.5. The van der Waals surface area contributed by atoms with E-state index in [0.29, 0.717) is 50.5 Å². The maximum absolute atomic E-state index is 13.7. The second kappa shape index (κ2) is 13.2. The van der Waals surface area contributed by atoms with Gasteiger partial charge in [0, 0.05) is 10.8 Å². The summed E-state index contributed by atoms with van der Waals surface area (Å²) in [6.45, 7) is 6.44. The van der Waals surface area contributed by atoms with Crippen LogP contribution in [0, 0.1) is 12.8 Å². The summed E-state index contributed by atoms with van der Waals surface area (Å²) in [6, 6.07) is 14.8. The molecule has 9 nitrogen and oxygen atoms in total. The highest BCUT2D eigenvalue weighted by molar-refractivity contribution is 8.00. The van der Waals surface area contributed by atoms with Crippen molar-refractivity contribution >= 4 is 51.5 Å². The van der Waals surface area contributed by atoms with Gasteiger partial charge < -0.3 is 19.0 Å². The topological polar surface area (TPSA) is 115 Å². The number of ether oxygens (including phenoxy) is 2. The van der Waals surface area contributed by atoms with Crippen molar-refractivity contribution < 1.29 is 28.6 Å². The van der Waals surface area contributed by atoms with Crippen molar-refractivity contribution in [2.24, 2.45) is 5.92 Å². The Morgan fingerprint density at radius 3 is 2.58 bits per heavy atom. The first kappa shape index (κ1) is 30.7. The van der Waals surface area contributed by atoms with Crippen LogP contribution in [0.3, 0.4) is 0 Å². The number of hydrogen-bond acceptors (Lipinski definition) is 10. The number of methoxy groups -OCH3 is 1. The molecule has 1 amide bonds. The standard InChI is InChI=1S/C31H30ClN3O6S2/c1-17(2)13-14-40-22-12-8-20(15-24(22)39-4)26-25(27(36)23-11-5-18(3)41-23)28(37)29(38)35(26)30-33-34-31(43-30)42-16-19-6-9-21(32)10-7-19/h5-12,15,17,26,37H,13-14,16H2,1-4H3. The third-order valence-corrected chi connectivity index (χ3v) is 9.13. The highest BCUT2D eigenvalue weighted by Crippen LogP contribution is 2.45. The molecule has 0 fully saturated rings. The molecule has 2 aromatic carbocycles. The molecule has 1 N–H and O–H groups in total. The van der Waals surface area contributed by atoms with Crippen molar-refractivity contribution in [3.63, 3.8) is 0 Å². The zero-order valence-electron chi connectivity index (χ0n) is 24.0. The number of halogens is 1. The second-order valence-electron chi connectivity index (χ2n) is 10.3. The number of carbonyl (C=O) groups excluding carboxylic acids is 2. The summed E-state index contributed by atoms with van der Waals surface area (Å²) >= 11 is 8.64. The van der Waals surface area contributed by atoms with Gasteiger partial charge in [0.05, 0.1) is 25.3 Å². The Morgan fingerprint density at radius 2 is 1.91 bits per heavy atom. The molecule has 1 atom stereocenters. The van der Waals surface area contributed by atoms with Crippen LogP contribution in [0.25, 0.3) is 0 Å². The quantitative estimate of drug-likeness (QED) is 0.0950. The lowest BCUT2D eigenvalue weighted by molar-refractivity contribution is -0.117. The number of aliphatic hydroxyl groups is 1. The molecule has 2 aromatic heterocycles. The Hall–Kier alpha value is -3.80. The molecule has 3 heterocycles. The van der Waals surface area contributed by atoms with Crippen LogP contribution in [0.15, 0.2) is 74.7 Å². The molecule has 0 saturated carbocycles. The number of amides is 1. The molecule has 1 aliphatic rings. The minimum atomic E-state index is -1.02. The van der Waals surface area contributed by atoms with Gasteiger partial charge in [-0.05, 0) is 66.8 Å². The highest BCUT2D eigenvalue weighted by Gasteiger charge is 2.47. The number of aliphatic hydroxyl groups excluding tert-OH is 1. The van der Waals surface area contributed by atoms with Gasteiger partial charge in [-0.15, -0.1) is 10.2 Å². The van der Waals surface area contributed by atoms with Gasteiger partial charge in [0.15, 0.2) is 27.4 Å². The smallest absolute Gasteiger partial charge is 0.296 e. The third-order valence-electron chi connectivity index (χ3n) is 6.75. The van der Waals surface area contributed by atoms with Crippen molar-refractivity contribution in [1.82, 2.24) is 10.2 Å². The van der Waals surface area contributed by atoms with Crippen molar-refractivity contribution in [2.75, 3.05) is 18.6 Å². The van der Waals surface area contributed by atoms with Crippen molar-refractivity contribution in [3.8, 4) is 11.5 Å². The number of aromatic nitrogens is 2. The van der Waals surface area contributed by atoms with Gasteiger partial charge in [0.1, 0.15) is 5.76 Å². The molecule has 0 radical (unpaired) electrons. The largest absolute Gasteiger partial charge is 0.503 e. The molecule has 12 heteroatoms. The Labute approximate surface area is 262 Å². The fourth-order valence-corrected chi connectivity index (χ4v) is 6.45. The minimum absolute atomic E-state index is 0.00998. The van der Waals surface area contributed by atoms with Crippen LogP contribution in [-0.4, -0.2) is 40.7 Å². The SMILES string of the molecule is COc1cc(C2C(C(=O)c3ccc(C)o3)=C(O)C(=O)N2c2nnc(SCc3ccc(Cl)cc3)s2)ccc1OCCC(C)C. The van der Waals surface area contributed by atoms with Crippen molar-refractivity contribution in [2.45, 2.75) is 43.3 Å². The minimum Gasteiger partial charge on any atom is -0.503 e. The van der Waals surface area contributed by atoms with E-state index in [9.17, 15) is 14.7 Å². The van der Waals surface area contributed by atoms with Gasteiger partial charge in [0.2, 0.25) is 10.9 Å². The van der Waals surface area contributed by atoms with Crippen LogP contribution in [0.4, 0.5) is 5.13 Å². The van der Waals surface area contributed by atoms with Gasteiger partial charge in [-0.3, -0.25) is 14.5 Å². The summed E-state index contributed by atoms with van der Waals surface area (Å²) in [5, 5.41) is 20.5. The van der Waals surface area contributed by atoms with E-state index in [1.807, 2.05) is 24.3 Å². The first-order valence-electron chi connectivity index (χ1n) is 13.6. The van der Waals surface area contributed by atoms with Crippen molar-refractivity contribution in [1.29, 1.82) is 0 Å². The van der Waals surface area contributed by atoms with Gasteiger partial charge in [-0.1, -0.05) is 66.7 Å². The fraction of sp³-hybridized carbons (Fsp3) is 0.290. The van der Waals surface area contributed by atoms with Crippen LogP contribution in [0.1, 0.15) is 53.8 Å². The molecule has 1 unspecified atom stereocenters. The van der Waals surface area contributed by atoms with Gasteiger partial charge >= 0.3 is 0 Å². The summed E-state index contributed by atoms with van der Waals surface area (Å²) in [4.78, 5) is 28.6. The normalized spacial score (nSPS) is 15.1. The average molecular weight is 640 g/mol. The Bertz CT molecular complexity index is 1660. The van der Waals surface area contributed by atoms with Crippen molar-refractivity contribution in [3.05, 3.63) is 93.6 Å². The molecule has 224 valence electrons. The maximum Gasteiger partial charge on any atom is 0.296 e. The first-order chi connectivity index (χ1) is 20.7. The van der Waals surface area contributed by atoms with Crippen LogP contribution in [-0.2, 0) is 10.5 Å². The van der Waals surface area contributed by atoms with Crippen LogP contribution < -0.4 is 14.4 Å². The molecule has 1 aliphatic heterocycles. The number of furan rings is 1. The van der Waals surface area contributed by atoms with E-state index in [0.717, 1.165) is 12.0 Å². The van der Waals surface area contributed by atoms with Crippen LogP contribution >= 0.6 is 34.7 Å². The van der Waals surface area contributed by atoms with Crippen LogP contribution in [0.2, 0.25) is 5.02 Å². The van der Waals surface area contributed by atoms with Gasteiger partial charge in [0.25, 0.3) is 5.91 Å². The summed E-state index contributed by atoms with van der Waals surface area (Å²) in [5.74, 6) is 0.529. The lowest BCUT2D eigenvalue weighted by atomic mass is 9.95. The predicted octanol–water partition coefficient (Wildman–Crippen LogP) is 7.60. The number of rotatable bonds is 12. The molecule has 0 aliphatic carbocycles. The number of nitrogens with zero attached hydrogens (tertiary/aromatic N) is 3. The molecular weight excluding hydrogens is 610 g/mol. The summed E-state index contributed by atoms with van der Waals surface area (Å²) in [6.07, 6.45) is 0.864. The lowest BCUT2D eigenvalue weighted by Crippen LogP contribution is -2.31. The average Bonchev–Trinajstić information content (AvgIpc) is 3.70. The number of Topliss-reactive ketones (excluding diaryl/α,β-unsaturated/α-hetero) is 1. The molecule has 4 aromatic rings. The second-order valence-corrected chi connectivity index (χ2v) is 12.9. The first-order valence-corrected chi connectivity index (χ1v) is 15.7. The van der Waals surface area contributed by atoms with E-state index in [4.69, 9.17) is 25.5 Å². The zero-order valence-corrected chi connectivity index (χ0v) is 26.4. The number of benzene rings is 2. The predicted molar refractivity (Wildman–Crippen MR) is 167 cm³/mol. The van der Waals surface area contributed by atoms with E-state index in [1.54, 1.807) is 31.2 Å². The van der Waals surface area contributed by atoms with Crippen LogP contribution in [0.5, 0.6) is 11.5 Å².